The molecular formula is C15H24N4S. The van der Waals surface area contributed by atoms with Gasteiger partial charge in [0.2, 0.25) is 0 Å². The van der Waals surface area contributed by atoms with E-state index in [1.54, 1.807) is 11.3 Å². The van der Waals surface area contributed by atoms with Gasteiger partial charge in [-0.05, 0) is 31.6 Å². The van der Waals surface area contributed by atoms with E-state index in [4.69, 9.17) is 10.7 Å². The summed E-state index contributed by atoms with van der Waals surface area (Å²) >= 11 is 1.70. The highest BCUT2D eigenvalue weighted by molar-refractivity contribution is 7.09. The Balaban J connectivity index is 2.28. The van der Waals surface area contributed by atoms with Crippen LogP contribution < -0.4 is 5.73 Å². The van der Waals surface area contributed by atoms with Crippen LogP contribution in [0.4, 0.5) is 0 Å². The Morgan fingerprint density at radius 1 is 1.45 bits per heavy atom. The summed E-state index contributed by atoms with van der Waals surface area (Å²) in [6, 6.07) is 4.41. The van der Waals surface area contributed by atoms with Gasteiger partial charge in [0.05, 0.1) is 5.69 Å². The predicted molar refractivity (Wildman–Crippen MR) is 84.8 cm³/mol. The van der Waals surface area contributed by atoms with Gasteiger partial charge < -0.3 is 10.7 Å². The highest BCUT2D eigenvalue weighted by atomic mass is 32.1. The van der Waals surface area contributed by atoms with Gasteiger partial charge in [-0.2, -0.15) is 0 Å². The Morgan fingerprint density at radius 3 is 2.85 bits per heavy atom. The van der Waals surface area contributed by atoms with Crippen LogP contribution >= 0.6 is 11.3 Å². The van der Waals surface area contributed by atoms with Gasteiger partial charge in [-0.25, -0.2) is 4.98 Å². The zero-order valence-corrected chi connectivity index (χ0v) is 13.1. The first-order valence-corrected chi connectivity index (χ1v) is 8.19. The van der Waals surface area contributed by atoms with E-state index in [1.165, 1.54) is 18.5 Å². The molecule has 0 bridgehead atoms. The van der Waals surface area contributed by atoms with E-state index >= 15 is 0 Å². The summed E-state index contributed by atoms with van der Waals surface area (Å²) < 4.78 is 0. The van der Waals surface area contributed by atoms with Gasteiger partial charge in [0, 0.05) is 23.8 Å². The van der Waals surface area contributed by atoms with Crippen LogP contribution in [-0.2, 0) is 6.54 Å². The molecule has 110 valence electrons. The molecule has 2 aromatic heterocycles. The van der Waals surface area contributed by atoms with Crippen LogP contribution in [0.25, 0.3) is 0 Å². The molecule has 0 aliphatic heterocycles. The van der Waals surface area contributed by atoms with Crippen molar-refractivity contribution in [2.75, 3.05) is 13.1 Å². The molecule has 3 N–H and O–H groups in total. The highest BCUT2D eigenvalue weighted by Crippen LogP contribution is 2.30. The van der Waals surface area contributed by atoms with Crippen molar-refractivity contribution in [1.29, 1.82) is 0 Å². The Bertz CT molecular complexity index is 492. The van der Waals surface area contributed by atoms with Crippen molar-refractivity contribution in [3.63, 3.8) is 0 Å². The summed E-state index contributed by atoms with van der Waals surface area (Å²) in [5.74, 6) is 0. The molecule has 1 unspecified atom stereocenters. The Hall–Kier alpha value is -1.17. The molecule has 2 aromatic rings. The summed E-state index contributed by atoms with van der Waals surface area (Å²) in [7, 11) is 0. The van der Waals surface area contributed by atoms with Crippen molar-refractivity contribution in [2.24, 2.45) is 5.73 Å². The molecule has 2 heterocycles. The quantitative estimate of drug-likeness (QED) is 0.786. The number of hydrogen-bond donors (Lipinski definition) is 2. The standard InChI is InChI=1S/C15H24N4S/c1-3-5-9-19(4-2)14(13-7-6-8-17-13)15-18-12(10-16)11-20-15/h6-8,11,14,17H,3-5,9-10,16H2,1-2H3. The van der Waals surface area contributed by atoms with Crippen LogP contribution in [0.15, 0.2) is 23.7 Å². The highest BCUT2D eigenvalue weighted by Gasteiger charge is 2.24. The molecule has 0 aliphatic carbocycles. The van der Waals surface area contributed by atoms with E-state index in [9.17, 15) is 0 Å². The molecule has 5 heteroatoms. The third kappa shape index (κ3) is 3.48. The summed E-state index contributed by atoms with van der Waals surface area (Å²) in [5, 5.41) is 3.20. The molecular weight excluding hydrogens is 268 g/mol. The van der Waals surface area contributed by atoms with Crippen LogP contribution in [0.2, 0.25) is 0 Å². The maximum absolute atomic E-state index is 5.69. The van der Waals surface area contributed by atoms with Crippen LogP contribution in [0, 0.1) is 0 Å². The van der Waals surface area contributed by atoms with Gasteiger partial charge in [-0.3, -0.25) is 4.90 Å². The molecule has 0 aromatic carbocycles. The first-order valence-electron chi connectivity index (χ1n) is 7.31. The van der Waals surface area contributed by atoms with Gasteiger partial charge in [0.1, 0.15) is 11.0 Å². The summed E-state index contributed by atoms with van der Waals surface area (Å²) in [5.41, 5.74) is 7.88. The first-order chi connectivity index (χ1) is 9.80. The number of aromatic amines is 1. The molecule has 0 saturated carbocycles. The van der Waals surface area contributed by atoms with Crippen molar-refractivity contribution in [3.05, 3.63) is 40.1 Å². The van der Waals surface area contributed by atoms with Crippen LogP contribution in [0.3, 0.4) is 0 Å². The molecule has 4 nitrogen and oxygen atoms in total. The molecule has 0 amide bonds. The monoisotopic (exact) mass is 292 g/mol. The van der Waals surface area contributed by atoms with Crippen LogP contribution in [0.1, 0.15) is 49.1 Å². The normalized spacial score (nSPS) is 13.0. The fourth-order valence-electron chi connectivity index (χ4n) is 2.37. The second-order valence-electron chi connectivity index (χ2n) is 4.89. The SMILES string of the molecule is CCCCN(CC)C(c1ccc[nH]1)c1nc(CN)cs1. The first kappa shape index (κ1) is 15.2. The average Bonchev–Trinajstić information content (AvgIpc) is 3.14. The van der Waals surface area contributed by atoms with Crippen molar-refractivity contribution in [1.82, 2.24) is 14.9 Å². The van der Waals surface area contributed by atoms with Gasteiger partial charge in [0.15, 0.2) is 0 Å². The van der Waals surface area contributed by atoms with E-state index in [0.717, 1.165) is 23.8 Å². The van der Waals surface area contributed by atoms with E-state index in [-0.39, 0.29) is 6.04 Å². The summed E-state index contributed by atoms with van der Waals surface area (Å²) in [6.45, 7) is 7.06. The lowest BCUT2D eigenvalue weighted by atomic mass is 10.1. The van der Waals surface area contributed by atoms with Crippen molar-refractivity contribution < 1.29 is 0 Å². The molecule has 0 radical (unpaired) electrons. The number of unbranched alkanes of at least 4 members (excludes halogenated alkanes) is 1. The minimum absolute atomic E-state index is 0.215. The van der Waals surface area contributed by atoms with E-state index in [0.29, 0.717) is 6.54 Å². The second kappa shape index (κ2) is 7.57. The fraction of sp³-hybridized carbons (Fsp3) is 0.533. The molecule has 0 spiro atoms. The zero-order chi connectivity index (χ0) is 14.4. The van der Waals surface area contributed by atoms with Crippen LogP contribution in [-0.4, -0.2) is 28.0 Å². The molecule has 20 heavy (non-hydrogen) atoms. The largest absolute Gasteiger partial charge is 0.363 e. The third-order valence-electron chi connectivity index (χ3n) is 3.50. The molecule has 0 aliphatic rings. The summed E-state index contributed by atoms with van der Waals surface area (Å²) in [4.78, 5) is 10.5. The fourth-order valence-corrected chi connectivity index (χ4v) is 3.35. The lowest BCUT2D eigenvalue weighted by Crippen LogP contribution is -2.30. The number of rotatable bonds is 8. The van der Waals surface area contributed by atoms with Gasteiger partial charge in [0.25, 0.3) is 0 Å². The van der Waals surface area contributed by atoms with E-state index < -0.39 is 0 Å². The lowest BCUT2D eigenvalue weighted by Gasteiger charge is -2.28. The smallest absolute Gasteiger partial charge is 0.116 e. The van der Waals surface area contributed by atoms with Gasteiger partial charge in [-0.1, -0.05) is 20.3 Å². The Labute approximate surface area is 125 Å². The number of nitrogens with two attached hydrogens (primary N) is 1. The number of nitrogens with zero attached hydrogens (tertiary/aromatic N) is 2. The van der Waals surface area contributed by atoms with Gasteiger partial charge in [-0.15, -0.1) is 11.3 Å². The minimum Gasteiger partial charge on any atom is -0.363 e. The topological polar surface area (TPSA) is 57.9 Å². The van der Waals surface area contributed by atoms with Gasteiger partial charge >= 0.3 is 0 Å². The molecule has 0 saturated heterocycles. The predicted octanol–water partition coefficient (Wildman–Crippen LogP) is 3.14. The zero-order valence-electron chi connectivity index (χ0n) is 12.3. The molecule has 2 rings (SSSR count). The number of H-pyrrole nitrogens is 1. The average molecular weight is 292 g/mol. The maximum Gasteiger partial charge on any atom is 0.116 e. The third-order valence-corrected chi connectivity index (χ3v) is 4.45. The van der Waals surface area contributed by atoms with Crippen molar-refractivity contribution >= 4 is 11.3 Å². The number of hydrogen-bond acceptors (Lipinski definition) is 4. The second-order valence-corrected chi connectivity index (χ2v) is 5.78. The number of nitrogens with one attached hydrogen (secondary N) is 1. The number of aromatic nitrogens is 2. The summed E-state index contributed by atoms with van der Waals surface area (Å²) in [6.07, 6.45) is 4.40. The number of thiazole rings is 1. The molecule has 1 atom stereocenters. The Kier molecular flexibility index (Phi) is 5.76. The van der Waals surface area contributed by atoms with Crippen LogP contribution in [0.5, 0.6) is 0 Å². The Morgan fingerprint density at radius 2 is 2.30 bits per heavy atom. The van der Waals surface area contributed by atoms with E-state index in [1.807, 2.05) is 12.3 Å². The lowest BCUT2D eigenvalue weighted by molar-refractivity contribution is 0.230. The maximum atomic E-state index is 5.69. The van der Waals surface area contributed by atoms with Crippen molar-refractivity contribution in [3.8, 4) is 0 Å². The molecule has 0 fully saturated rings. The minimum atomic E-state index is 0.215. The van der Waals surface area contributed by atoms with E-state index in [2.05, 4.69) is 35.2 Å². The van der Waals surface area contributed by atoms with Crippen molar-refractivity contribution in [2.45, 2.75) is 39.3 Å².